The normalized spacial score (nSPS) is 26.0. The molecule has 0 amide bonds. The SMILES string of the molecule is CC1C(C(=O)O)=CC=CC1(C(=O)O)C1=Cc2ccccc2CC1. The van der Waals surface area contributed by atoms with Gasteiger partial charge in [-0.15, -0.1) is 0 Å². The minimum absolute atomic E-state index is 0.134. The molecule has 0 spiro atoms. The van der Waals surface area contributed by atoms with E-state index in [2.05, 4.69) is 0 Å². The van der Waals surface area contributed by atoms with Crippen molar-refractivity contribution in [2.75, 3.05) is 0 Å². The number of hydrogen-bond acceptors (Lipinski definition) is 2. The Morgan fingerprint density at radius 1 is 1.17 bits per heavy atom. The Balaban J connectivity index is 2.13. The van der Waals surface area contributed by atoms with Crippen LogP contribution in [0.5, 0.6) is 0 Å². The van der Waals surface area contributed by atoms with Crippen LogP contribution in [0.3, 0.4) is 0 Å². The van der Waals surface area contributed by atoms with Crippen molar-refractivity contribution in [3.05, 3.63) is 64.8 Å². The molecule has 0 fully saturated rings. The lowest BCUT2D eigenvalue weighted by atomic mass is 9.63. The van der Waals surface area contributed by atoms with Gasteiger partial charge in [0, 0.05) is 11.5 Å². The predicted octanol–water partition coefficient (Wildman–Crippen LogP) is 3.30. The van der Waals surface area contributed by atoms with Crippen molar-refractivity contribution in [2.45, 2.75) is 19.8 Å². The third kappa shape index (κ3) is 2.31. The summed E-state index contributed by atoms with van der Waals surface area (Å²) in [5, 5.41) is 19.3. The van der Waals surface area contributed by atoms with E-state index in [0.29, 0.717) is 6.42 Å². The molecule has 4 heteroatoms. The first kappa shape index (κ1) is 15.3. The van der Waals surface area contributed by atoms with E-state index in [9.17, 15) is 19.8 Å². The standard InChI is InChI=1S/C19H18O4/c1-12-16(17(20)21)7-4-10-19(12,18(22)23)15-9-8-13-5-2-3-6-14(13)11-15/h2-7,10-12H,8-9H2,1H3,(H,20,21)(H,22,23). The highest BCUT2D eigenvalue weighted by Gasteiger charge is 2.48. The topological polar surface area (TPSA) is 74.6 Å². The number of allylic oxidation sites excluding steroid dienone is 2. The van der Waals surface area contributed by atoms with Crippen molar-refractivity contribution < 1.29 is 19.8 Å². The number of fused-ring (bicyclic) bond motifs is 1. The van der Waals surface area contributed by atoms with E-state index in [1.807, 2.05) is 30.3 Å². The van der Waals surface area contributed by atoms with Crippen LogP contribution in [0.15, 0.2) is 53.6 Å². The minimum atomic E-state index is -1.30. The molecule has 2 atom stereocenters. The van der Waals surface area contributed by atoms with E-state index in [1.54, 1.807) is 19.1 Å². The maximum absolute atomic E-state index is 12.2. The average Bonchev–Trinajstić information content (AvgIpc) is 2.54. The molecule has 0 aromatic heterocycles. The van der Waals surface area contributed by atoms with Gasteiger partial charge in [0.05, 0.1) is 0 Å². The van der Waals surface area contributed by atoms with Gasteiger partial charge in [-0.25, -0.2) is 4.79 Å². The van der Waals surface area contributed by atoms with Crippen LogP contribution >= 0.6 is 0 Å². The molecule has 0 saturated carbocycles. The fourth-order valence-electron chi connectivity index (χ4n) is 3.63. The zero-order chi connectivity index (χ0) is 16.6. The van der Waals surface area contributed by atoms with Crippen molar-refractivity contribution in [2.24, 2.45) is 11.3 Å². The summed E-state index contributed by atoms with van der Waals surface area (Å²) < 4.78 is 0. The van der Waals surface area contributed by atoms with E-state index in [0.717, 1.165) is 17.6 Å². The summed E-state index contributed by atoms with van der Waals surface area (Å²) in [6.45, 7) is 1.68. The molecular formula is C19H18O4. The first-order chi connectivity index (χ1) is 11.0. The van der Waals surface area contributed by atoms with Crippen LogP contribution in [0, 0.1) is 11.3 Å². The number of benzene rings is 1. The molecule has 23 heavy (non-hydrogen) atoms. The number of rotatable bonds is 3. The van der Waals surface area contributed by atoms with Crippen molar-refractivity contribution in [3.63, 3.8) is 0 Å². The van der Waals surface area contributed by atoms with Crippen LogP contribution in [0.1, 0.15) is 24.5 Å². The highest BCUT2D eigenvalue weighted by atomic mass is 16.4. The first-order valence-corrected chi connectivity index (χ1v) is 7.62. The molecule has 1 aromatic rings. The van der Waals surface area contributed by atoms with E-state index >= 15 is 0 Å². The number of aryl methyl sites for hydroxylation is 1. The van der Waals surface area contributed by atoms with Gasteiger partial charge in [-0.3, -0.25) is 4.79 Å². The number of aliphatic carboxylic acids is 2. The molecule has 0 radical (unpaired) electrons. The van der Waals surface area contributed by atoms with Gasteiger partial charge in [0.1, 0.15) is 5.41 Å². The Kier molecular flexibility index (Phi) is 3.68. The van der Waals surface area contributed by atoms with Crippen molar-refractivity contribution in [1.82, 2.24) is 0 Å². The minimum Gasteiger partial charge on any atom is -0.480 e. The first-order valence-electron chi connectivity index (χ1n) is 7.62. The Morgan fingerprint density at radius 3 is 2.61 bits per heavy atom. The zero-order valence-corrected chi connectivity index (χ0v) is 12.8. The van der Waals surface area contributed by atoms with E-state index < -0.39 is 23.3 Å². The predicted molar refractivity (Wildman–Crippen MR) is 86.8 cm³/mol. The fourth-order valence-corrected chi connectivity index (χ4v) is 3.63. The van der Waals surface area contributed by atoms with E-state index in [4.69, 9.17) is 0 Å². The van der Waals surface area contributed by atoms with Crippen LogP contribution in [0.4, 0.5) is 0 Å². The summed E-state index contributed by atoms with van der Waals surface area (Å²) in [4.78, 5) is 23.6. The molecule has 0 heterocycles. The summed E-state index contributed by atoms with van der Waals surface area (Å²) in [7, 11) is 0. The zero-order valence-electron chi connectivity index (χ0n) is 12.8. The molecular weight excluding hydrogens is 292 g/mol. The number of carboxylic acid groups (broad SMARTS) is 2. The Bertz CT molecular complexity index is 769. The molecule has 1 aromatic carbocycles. The molecule has 2 N–H and O–H groups in total. The smallest absolute Gasteiger partial charge is 0.331 e. The van der Waals surface area contributed by atoms with Crippen molar-refractivity contribution >= 4 is 18.0 Å². The molecule has 0 bridgehead atoms. The summed E-state index contributed by atoms with van der Waals surface area (Å²) in [5.74, 6) is -2.69. The Morgan fingerprint density at radius 2 is 1.91 bits per heavy atom. The lowest BCUT2D eigenvalue weighted by Gasteiger charge is -2.38. The van der Waals surface area contributed by atoms with Crippen LogP contribution in [0.2, 0.25) is 0 Å². The Labute approximate surface area is 134 Å². The monoisotopic (exact) mass is 310 g/mol. The van der Waals surface area contributed by atoms with E-state index in [1.165, 1.54) is 11.6 Å². The summed E-state index contributed by atoms with van der Waals surface area (Å²) in [6, 6.07) is 7.90. The molecule has 2 aliphatic carbocycles. The van der Waals surface area contributed by atoms with Crippen LogP contribution in [-0.4, -0.2) is 22.2 Å². The van der Waals surface area contributed by atoms with Gasteiger partial charge in [-0.2, -0.15) is 0 Å². The quantitative estimate of drug-likeness (QED) is 0.898. The maximum Gasteiger partial charge on any atom is 0.331 e. The van der Waals surface area contributed by atoms with Crippen LogP contribution in [-0.2, 0) is 16.0 Å². The summed E-state index contributed by atoms with van der Waals surface area (Å²) in [5.41, 5.74) is 1.81. The van der Waals surface area contributed by atoms with Crippen molar-refractivity contribution in [3.8, 4) is 0 Å². The molecule has 0 aliphatic heterocycles. The van der Waals surface area contributed by atoms with Crippen LogP contribution < -0.4 is 0 Å². The second-order valence-electron chi connectivity index (χ2n) is 6.05. The second-order valence-corrected chi connectivity index (χ2v) is 6.05. The molecule has 118 valence electrons. The second kappa shape index (κ2) is 5.54. The number of carboxylic acids is 2. The van der Waals surface area contributed by atoms with Gasteiger partial charge in [-0.05, 0) is 29.5 Å². The average molecular weight is 310 g/mol. The molecule has 4 nitrogen and oxygen atoms in total. The summed E-state index contributed by atoms with van der Waals surface area (Å²) in [6.07, 6.45) is 7.98. The lowest BCUT2D eigenvalue weighted by Crippen LogP contribution is -2.41. The molecule has 2 aliphatic rings. The summed E-state index contributed by atoms with van der Waals surface area (Å²) >= 11 is 0. The molecule has 3 rings (SSSR count). The largest absolute Gasteiger partial charge is 0.480 e. The van der Waals surface area contributed by atoms with Gasteiger partial charge in [-0.1, -0.05) is 55.5 Å². The number of hydrogen-bond donors (Lipinski definition) is 2. The van der Waals surface area contributed by atoms with Crippen molar-refractivity contribution in [1.29, 1.82) is 0 Å². The van der Waals surface area contributed by atoms with Gasteiger partial charge in [0.2, 0.25) is 0 Å². The highest BCUT2D eigenvalue weighted by molar-refractivity contribution is 5.93. The van der Waals surface area contributed by atoms with Gasteiger partial charge in [0.15, 0.2) is 0 Å². The number of carbonyl (C=O) groups is 2. The Hall–Kier alpha value is -2.62. The van der Waals surface area contributed by atoms with Crippen LogP contribution in [0.25, 0.3) is 6.08 Å². The fraction of sp³-hybridized carbons (Fsp3) is 0.263. The third-order valence-corrected chi connectivity index (χ3v) is 4.97. The molecule has 2 unspecified atom stereocenters. The van der Waals surface area contributed by atoms with Gasteiger partial charge in [0.25, 0.3) is 0 Å². The molecule has 0 saturated heterocycles. The van der Waals surface area contributed by atoms with E-state index in [-0.39, 0.29) is 5.57 Å². The highest BCUT2D eigenvalue weighted by Crippen LogP contribution is 2.47. The third-order valence-electron chi connectivity index (χ3n) is 4.97. The maximum atomic E-state index is 12.2. The van der Waals surface area contributed by atoms with Gasteiger partial charge >= 0.3 is 11.9 Å². The van der Waals surface area contributed by atoms with Gasteiger partial charge < -0.3 is 10.2 Å². The lowest BCUT2D eigenvalue weighted by molar-refractivity contribution is -0.146.